The van der Waals surface area contributed by atoms with Gasteiger partial charge in [-0.3, -0.25) is 4.21 Å². The fourth-order valence-corrected chi connectivity index (χ4v) is 1.40. The minimum Gasteiger partial charge on any atom is -0.253 e. The van der Waals surface area contributed by atoms with Gasteiger partial charge >= 0.3 is 0 Å². The molecule has 1 nitrogen and oxygen atoms in total. The molecule has 0 saturated heterocycles. The molecule has 0 aromatic heterocycles. The molecule has 0 spiro atoms. The maximum atomic E-state index is 10.7. The van der Waals surface area contributed by atoms with E-state index in [0.717, 1.165) is 0 Å². The van der Waals surface area contributed by atoms with E-state index < -0.39 is 10.8 Å². The van der Waals surface area contributed by atoms with Gasteiger partial charge in [-0.2, -0.15) is 12.6 Å². The van der Waals surface area contributed by atoms with Crippen molar-refractivity contribution >= 4 is 23.4 Å². The van der Waals surface area contributed by atoms with Crippen LogP contribution in [-0.2, 0) is 10.8 Å². The monoisotopic (exact) mass is 146 g/mol. The van der Waals surface area contributed by atoms with Crippen LogP contribution in [0.4, 0.5) is 0 Å². The lowest BCUT2D eigenvalue weighted by atomic mass is 10.5. The lowest BCUT2D eigenvalue weighted by molar-refractivity contribution is 0.689. The Morgan fingerprint density at radius 3 is 2.62 bits per heavy atom. The van der Waals surface area contributed by atoms with Crippen molar-refractivity contribution < 1.29 is 4.21 Å². The zero-order chi connectivity index (χ0) is 5.98. The Balaban J connectivity index is 2.74. The van der Waals surface area contributed by atoms with Gasteiger partial charge < -0.3 is 0 Å². The van der Waals surface area contributed by atoms with Crippen LogP contribution in [0.1, 0.15) is 0 Å². The summed E-state index contributed by atoms with van der Waals surface area (Å²) >= 11 is 4.02. The molecular formula is C5H6OS2. The second-order valence-electron chi connectivity index (χ2n) is 1.43. The molecule has 2 unspecified atom stereocenters. The summed E-state index contributed by atoms with van der Waals surface area (Å²) in [4.78, 5) is 0. The van der Waals surface area contributed by atoms with Crippen LogP contribution in [0.25, 0.3) is 0 Å². The first kappa shape index (κ1) is 6.11. The van der Waals surface area contributed by atoms with Gasteiger partial charge in [0.15, 0.2) is 0 Å². The Morgan fingerprint density at radius 1 is 1.50 bits per heavy atom. The molecule has 0 aliphatic carbocycles. The van der Waals surface area contributed by atoms with Gasteiger partial charge in [0.1, 0.15) is 0 Å². The summed E-state index contributed by atoms with van der Waals surface area (Å²) in [6, 6.07) is 0. The van der Waals surface area contributed by atoms with E-state index in [0.29, 0.717) is 0 Å². The van der Waals surface area contributed by atoms with Gasteiger partial charge in [-0.1, -0.05) is 18.2 Å². The van der Waals surface area contributed by atoms with E-state index in [4.69, 9.17) is 0 Å². The van der Waals surface area contributed by atoms with Gasteiger partial charge in [0.25, 0.3) is 0 Å². The van der Waals surface area contributed by atoms with Crippen molar-refractivity contribution in [2.75, 3.05) is 0 Å². The highest BCUT2D eigenvalue weighted by atomic mass is 32.2. The van der Waals surface area contributed by atoms with Gasteiger partial charge in [-0.05, 0) is 0 Å². The van der Waals surface area contributed by atoms with E-state index in [-0.39, 0.29) is 4.58 Å². The zero-order valence-corrected chi connectivity index (χ0v) is 5.86. The maximum Gasteiger partial charge on any atom is 0.0996 e. The van der Waals surface area contributed by atoms with Crippen molar-refractivity contribution in [2.24, 2.45) is 0 Å². The second kappa shape index (κ2) is 2.51. The van der Waals surface area contributed by atoms with E-state index in [2.05, 4.69) is 12.6 Å². The fraction of sp³-hybridized carbons (Fsp3) is 0.200. The van der Waals surface area contributed by atoms with Crippen molar-refractivity contribution in [1.82, 2.24) is 0 Å². The normalized spacial score (nSPS) is 35.6. The van der Waals surface area contributed by atoms with E-state index >= 15 is 0 Å². The summed E-state index contributed by atoms with van der Waals surface area (Å²) in [6.45, 7) is 0. The summed E-state index contributed by atoms with van der Waals surface area (Å²) in [5.74, 6) is 0. The predicted molar refractivity (Wildman–Crippen MR) is 39.2 cm³/mol. The number of rotatable bonds is 0. The molecule has 0 fully saturated rings. The highest BCUT2D eigenvalue weighted by molar-refractivity contribution is 8.03. The van der Waals surface area contributed by atoms with E-state index in [9.17, 15) is 4.21 Å². The quantitative estimate of drug-likeness (QED) is 0.506. The van der Waals surface area contributed by atoms with Gasteiger partial charge in [-0.15, -0.1) is 0 Å². The number of hydrogen-bond acceptors (Lipinski definition) is 2. The Labute approximate surface area is 56.3 Å². The summed E-state index contributed by atoms with van der Waals surface area (Å²) < 4.78 is 10.6. The van der Waals surface area contributed by atoms with Crippen LogP contribution in [-0.4, -0.2) is 8.79 Å². The van der Waals surface area contributed by atoms with Crippen LogP contribution >= 0.6 is 12.6 Å². The smallest absolute Gasteiger partial charge is 0.0996 e. The van der Waals surface area contributed by atoms with Crippen molar-refractivity contribution in [2.45, 2.75) is 4.58 Å². The van der Waals surface area contributed by atoms with E-state index in [1.54, 1.807) is 17.6 Å². The number of allylic oxidation sites excluding steroid dienone is 2. The molecule has 0 N–H and O–H groups in total. The minimum atomic E-state index is -0.888. The van der Waals surface area contributed by atoms with Crippen LogP contribution in [0, 0.1) is 0 Å². The van der Waals surface area contributed by atoms with Crippen LogP contribution in [0.3, 0.4) is 0 Å². The molecule has 1 heterocycles. The predicted octanol–water partition coefficient (Wildman–Crippen LogP) is 1.07. The van der Waals surface area contributed by atoms with Crippen LogP contribution in [0.15, 0.2) is 23.6 Å². The molecule has 1 aliphatic rings. The topological polar surface area (TPSA) is 17.1 Å². The summed E-state index contributed by atoms with van der Waals surface area (Å²) in [7, 11) is -0.888. The largest absolute Gasteiger partial charge is 0.253 e. The van der Waals surface area contributed by atoms with Crippen molar-refractivity contribution in [1.29, 1.82) is 0 Å². The zero-order valence-electron chi connectivity index (χ0n) is 4.15. The number of thiol groups is 1. The second-order valence-corrected chi connectivity index (χ2v) is 3.78. The average Bonchev–Trinajstić information content (AvgIpc) is 1.77. The van der Waals surface area contributed by atoms with Crippen molar-refractivity contribution in [3.63, 3.8) is 0 Å². The molecular weight excluding hydrogens is 140 g/mol. The third-order valence-corrected chi connectivity index (χ3v) is 2.69. The Hall–Kier alpha value is -0.0200. The standard InChI is InChI=1S/C5H6OS2/c6-8-4-2-1-3-5(8)7/h1-5,7H. The number of hydrogen-bond donors (Lipinski definition) is 1. The molecule has 8 heavy (non-hydrogen) atoms. The molecule has 0 radical (unpaired) electrons. The molecule has 2 atom stereocenters. The molecule has 0 amide bonds. The lowest BCUT2D eigenvalue weighted by Gasteiger charge is -2.02. The highest BCUT2D eigenvalue weighted by Gasteiger charge is 2.05. The molecule has 0 aromatic carbocycles. The van der Waals surface area contributed by atoms with Gasteiger partial charge in [0, 0.05) is 5.41 Å². The van der Waals surface area contributed by atoms with Crippen molar-refractivity contribution in [3.8, 4) is 0 Å². The Bertz CT molecular complexity index is 160. The van der Waals surface area contributed by atoms with Crippen LogP contribution < -0.4 is 0 Å². The molecule has 1 rings (SSSR count). The summed E-state index contributed by atoms with van der Waals surface area (Å²) in [5.41, 5.74) is 0. The first-order valence-electron chi connectivity index (χ1n) is 2.23. The third-order valence-electron chi connectivity index (χ3n) is 0.838. The summed E-state index contributed by atoms with van der Waals surface area (Å²) in [5, 5.41) is 1.64. The fourth-order valence-electron chi connectivity index (χ4n) is 0.440. The van der Waals surface area contributed by atoms with Gasteiger partial charge in [0.2, 0.25) is 0 Å². The first-order valence-corrected chi connectivity index (χ1v) is 4.02. The molecule has 0 bridgehead atoms. The average molecular weight is 146 g/mol. The highest BCUT2D eigenvalue weighted by Crippen LogP contribution is 2.08. The van der Waals surface area contributed by atoms with E-state index in [1.165, 1.54) is 0 Å². The molecule has 1 aliphatic heterocycles. The molecule has 3 heteroatoms. The minimum absolute atomic E-state index is 0.0972. The third kappa shape index (κ3) is 1.23. The summed E-state index contributed by atoms with van der Waals surface area (Å²) in [6.07, 6.45) is 5.42. The Kier molecular flexibility index (Phi) is 1.91. The SMILES string of the molecule is O=S1C=CC=CC1S. The van der Waals surface area contributed by atoms with E-state index in [1.807, 2.05) is 6.08 Å². The molecule has 0 aromatic rings. The van der Waals surface area contributed by atoms with Crippen LogP contribution in [0.2, 0.25) is 0 Å². The lowest BCUT2D eigenvalue weighted by Crippen LogP contribution is -2.02. The Morgan fingerprint density at radius 2 is 2.25 bits per heavy atom. The van der Waals surface area contributed by atoms with Gasteiger partial charge in [0.05, 0.1) is 15.4 Å². The van der Waals surface area contributed by atoms with Crippen molar-refractivity contribution in [3.05, 3.63) is 23.6 Å². The molecule has 44 valence electrons. The van der Waals surface area contributed by atoms with Gasteiger partial charge in [-0.25, -0.2) is 0 Å². The molecule has 0 saturated carbocycles. The maximum absolute atomic E-state index is 10.7. The first-order chi connectivity index (χ1) is 3.80. The van der Waals surface area contributed by atoms with Crippen LogP contribution in [0.5, 0.6) is 0 Å².